The average Bonchev–Trinajstić information content (AvgIpc) is 2.27. The number of ether oxygens (including phenoxy) is 1. The summed E-state index contributed by atoms with van der Waals surface area (Å²) in [6.45, 7) is 8.22. The number of halogens is 1. The number of hydrogen-bond acceptors (Lipinski definition) is 3. The third kappa shape index (κ3) is 4.88. The van der Waals surface area contributed by atoms with Crippen molar-refractivity contribution in [3.63, 3.8) is 0 Å². The van der Waals surface area contributed by atoms with Crippen molar-refractivity contribution in [1.82, 2.24) is 4.98 Å². The van der Waals surface area contributed by atoms with Crippen LogP contribution in [0.4, 0.5) is 0 Å². The van der Waals surface area contributed by atoms with Gasteiger partial charge >= 0.3 is 0 Å². The van der Waals surface area contributed by atoms with E-state index < -0.39 is 0 Å². The van der Waals surface area contributed by atoms with Crippen LogP contribution in [-0.4, -0.2) is 17.6 Å². The zero-order chi connectivity index (χ0) is 12.8. The summed E-state index contributed by atoms with van der Waals surface area (Å²) >= 11 is 3.27. The van der Waals surface area contributed by atoms with E-state index in [-0.39, 0.29) is 6.04 Å². The molecule has 0 saturated heterocycles. The lowest BCUT2D eigenvalue weighted by Gasteiger charge is -2.14. The van der Waals surface area contributed by atoms with Crippen LogP contribution in [0.15, 0.2) is 23.2 Å². The smallest absolute Gasteiger partial charge is 0.141 e. The third-order valence-corrected chi connectivity index (χ3v) is 2.66. The van der Waals surface area contributed by atoms with Crippen LogP contribution in [0.1, 0.15) is 24.7 Å². The van der Waals surface area contributed by atoms with Crippen LogP contribution in [-0.2, 0) is 6.42 Å². The topological polar surface area (TPSA) is 48.1 Å². The van der Waals surface area contributed by atoms with Crippen molar-refractivity contribution >= 4 is 15.9 Å². The zero-order valence-corrected chi connectivity index (χ0v) is 12.0. The average molecular weight is 299 g/mol. The van der Waals surface area contributed by atoms with Gasteiger partial charge in [0.25, 0.3) is 0 Å². The molecule has 1 aromatic heterocycles. The molecular weight excluding hydrogens is 280 g/mol. The second kappa shape index (κ2) is 6.77. The second-order valence-electron chi connectivity index (χ2n) is 4.08. The van der Waals surface area contributed by atoms with E-state index in [1.165, 1.54) is 0 Å². The molecule has 0 aliphatic rings. The SMILES string of the molecule is C=C(Br)COc1ccc(C)nc1CC(N)CC. The van der Waals surface area contributed by atoms with Crippen LogP contribution in [0.2, 0.25) is 0 Å². The molecule has 0 bridgehead atoms. The van der Waals surface area contributed by atoms with Crippen molar-refractivity contribution in [3.8, 4) is 5.75 Å². The first-order chi connectivity index (χ1) is 8.02. The molecular formula is C13H19BrN2O. The summed E-state index contributed by atoms with van der Waals surface area (Å²) in [5.41, 5.74) is 7.86. The summed E-state index contributed by atoms with van der Waals surface area (Å²) in [4.78, 5) is 4.49. The maximum Gasteiger partial charge on any atom is 0.141 e. The minimum atomic E-state index is 0.124. The summed E-state index contributed by atoms with van der Waals surface area (Å²) < 4.78 is 6.44. The fraction of sp³-hybridized carbons (Fsp3) is 0.462. The fourth-order valence-electron chi connectivity index (χ4n) is 1.42. The minimum absolute atomic E-state index is 0.124. The van der Waals surface area contributed by atoms with Gasteiger partial charge in [0, 0.05) is 22.6 Å². The summed E-state index contributed by atoms with van der Waals surface area (Å²) in [5, 5.41) is 0. The zero-order valence-electron chi connectivity index (χ0n) is 10.4. The first-order valence-electron chi connectivity index (χ1n) is 5.71. The summed E-state index contributed by atoms with van der Waals surface area (Å²) in [5.74, 6) is 0.792. The van der Waals surface area contributed by atoms with Gasteiger partial charge in [-0.1, -0.05) is 29.4 Å². The Bertz CT molecular complexity index is 393. The second-order valence-corrected chi connectivity index (χ2v) is 5.20. The molecule has 0 fully saturated rings. The van der Waals surface area contributed by atoms with E-state index in [0.717, 1.165) is 34.5 Å². The van der Waals surface area contributed by atoms with E-state index in [9.17, 15) is 0 Å². The molecule has 0 saturated carbocycles. The van der Waals surface area contributed by atoms with E-state index in [4.69, 9.17) is 10.5 Å². The number of rotatable bonds is 6. The molecule has 0 radical (unpaired) electrons. The lowest BCUT2D eigenvalue weighted by molar-refractivity contribution is 0.353. The van der Waals surface area contributed by atoms with Crippen LogP contribution in [0.3, 0.4) is 0 Å². The Labute approximate surface area is 111 Å². The first kappa shape index (κ1) is 14.2. The van der Waals surface area contributed by atoms with Crippen molar-refractivity contribution in [2.24, 2.45) is 5.73 Å². The Morgan fingerprint density at radius 2 is 2.29 bits per heavy atom. The van der Waals surface area contributed by atoms with Crippen molar-refractivity contribution in [2.45, 2.75) is 32.7 Å². The minimum Gasteiger partial charge on any atom is -0.486 e. The Balaban J connectivity index is 2.83. The van der Waals surface area contributed by atoms with Gasteiger partial charge < -0.3 is 10.5 Å². The highest BCUT2D eigenvalue weighted by Crippen LogP contribution is 2.20. The highest BCUT2D eigenvalue weighted by molar-refractivity contribution is 9.11. The maximum absolute atomic E-state index is 5.96. The standard InChI is InChI=1S/C13H19BrN2O/c1-4-11(15)7-12-13(17-8-9(2)14)6-5-10(3)16-12/h5-6,11H,2,4,7-8,15H2,1,3H3. The van der Waals surface area contributed by atoms with Crippen molar-refractivity contribution in [2.75, 3.05) is 6.61 Å². The van der Waals surface area contributed by atoms with E-state index in [1.807, 2.05) is 19.1 Å². The number of nitrogens with zero attached hydrogens (tertiary/aromatic N) is 1. The molecule has 1 unspecified atom stereocenters. The van der Waals surface area contributed by atoms with Gasteiger partial charge in [-0.05, 0) is 25.5 Å². The van der Waals surface area contributed by atoms with Gasteiger partial charge in [0.2, 0.25) is 0 Å². The molecule has 1 atom stereocenters. The van der Waals surface area contributed by atoms with Gasteiger partial charge in [-0.15, -0.1) is 0 Å². The van der Waals surface area contributed by atoms with Crippen LogP contribution in [0, 0.1) is 6.92 Å². The number of hydrogen-bond donors (Lipinski definition) is 1. The quantitative estimate of drug-likeness (QED) is 0.878. The molecule has 4 heteroatoms. The molecule has 3 nitrogen and oxygen atoms in total. The molecule has 2 N–H and O–H groups in total. The Kier molecular flexibility index (Phi) is 5.65. The summed E-state index contributed by atoms with van der Waals surface area (Å²) in [7, 11) is 0. The van der Waals surface area contributed by atoms with Gasteiger partial charge in [0.1, 0.15) is 12.4 Å². The van der Waals surface area contributed by atoms with Crippen LogP contribution >= 0.6 is 15.9 Å². The number of aromatic nitrogens is 1. The van der Waals surface area contributed by atoms with E-state index >= 15 is 0 Å². The lowest BCUT2D eigenvalue weighted by Crippen LogP contribution is -2.22. The Morgan fingerprint density at radius 3 is 2.88 bits per heavy atom. The Hall–Kier alpha value is -0.870. The third-order valence-electron chi connectivity index (χ3n) is 2.44. The van der Waals surface area contributed by atoms with Gasteiger partial charge in [-0.25, -0.2) is 0 Å². The molecule has 17 heavy (non-hydrogen) atoms. The van der Waals surface area contributed by atoms with E-state index in [0.29, 0.717) is 6.61 Å². The monoisotopic (exact) mass is 298 g/mol. The number of pyridine rings is 1. The molecule has 0 amide bonds. The number of nitrogens with two attached hydrogens (primary N) is 1. The molecule has 0 aliphatic heterocycles. The van der Waals surface area contributed by atoms with E-state index in [1.54, 1.807) is 0 Å². The highest BCUT2D eigenvalue weighted by atomic mass is 79.9. The van der Waals surface area contributed by atoms with Crippen LogP contribution < -0.4 is 10.5 Å². The van der Waals surface area contributed by atoms with Gasteiger partial charge in [0.15, 0.2) is 0 Å². The maximum atomic E-state index is 5.96. The molecule has 1 heterocycles. The van der Waals surface area contributed by atoms with Crippen molar-refractivity contribution in [1.29, 1.82) is 0 Å². The molecule has 1 aromatic rings. The van der Waals surface area contributed by atoms with Crippen molar-refractivity contribution < 1.29 is 4.74 Å². The molecule has 0 aromatic carbocycles. The van der Waals surface area contributed by atoms with Crippen LogP contribution in [0.25, 0.3) is 0 Å². The van der Waals surface area contributed by atoms with Gasteiger partial charge in [-0.2, -0.15) is 0 Å². The molecule has 0 spiro atoms. The van der Waals surface area contributed by atoms with Crippen LogP contribution in [0.5, 0.6) is 5.75 Å². The largest absolute Gasteiger partial charge is 0.486 e. The molecule has 0 aliphatic carbocycles. The van der Waals surface area contributed by atoms with Gasteiger partial charge in [-0.3, -0.25) is 4.98 Å². The molecule has 94 valence electrons. The first-order valence-corrected chi connectivity index (χ1v) is 6.50. The predicted molar refractivity (Wildman–Crippen MR) is 74.5 cm³/mol. The number of aryl methyl sites for hydroxylation is 1. The summed E-state index contributed by atoms with van der Waals surface area (Å²) in [6.07, 6.45) is 1.67. The van der Waals surface area contributed by atoms with Gasteiger partial charge in [0.05, 0.1) is 5.69 Å². The Morgan fingerprint density at radius 1 is 1.59 bits per heavy atom. The summed E-state index contributed by atoms with van der Waals surface area (Å²) in [6, 6.07) is 4.00. The highest BCUT2D eigenvalue weighted by Gasteiger charge is 2.10. The lowest BCUT2D eigenvalue weighted by atomic mass is 10.1. The normalized spacial score (nSPS) is 12.2. The molecule has 1 rings (SSSR count). The predicted octanol–water partition coefficient (Wildman–Crippen LogP) is 2.96. The van der Waals surface area contributed by atoms with E-state index in [2.05, 4.69) is 34.4 Å². The van der Waals surface area contributed by atoms with Crippen molar-refractivity contribution in [3.05, 3.63) is 34.6 Å². The fourth-order valence-corrected chi connectivity index (χ4v) is 1.54.